The largest absolute Gasteiger partial charge is 0.496 e. The smallest absolute Gasteiger partial charge is 0.425 e. The lowest BCUT2D eigenvalue weighted by molar-refractivity contribution is -0.143. The predicted molar refractivity (Wildman–Crippen MR) is 216 cm³/mol. The molecule has 2 aromatic heterocycles. The Balaban J connectivity index is 1.06. The molecule has 2 bridgehead atoms. The second-order valence-corrected chi connectivity index (χ2v) is 16.2. The first-order chi connectivity index (χ1) is 27.9. The van der Waals surface area contributed by atoms with Crippen LogP contribution in [0.1, 0.15) is 83.4 Å². The van der Waals surface area contributed by atoms with Crippen LogP contribution in [-0.2, 0) is 19.1 Å². The second kappa shape index (κ2) is 16.9. The molecule has 2 aromatic carbocycles. The summed E-state index contributed by atoms with van der Waals surface area (Å²) >= 11 is 0. The average molecular weight is 795 g/mol. The number of alkyl carbamates (subject to hydrolysis) is 1. The molecule has 58 heavy (non-hydrogen) atoms. The number of carbonyl (C=O) groups is 4. The zero-order chi connectivity index (χ0) is 41.2. The molecular formula is C43H54N8O7. The highest BCUT2D eigenvalue weighted by molar-refractivity contribution is 5.86. The van der Waals surface area contributed by atoms with Gasteiger partial charge in [0.1, 0.15) is 23.4 Å². The molecule has 6 atom stereocenters. The van der Waals surface area contributed by atoms with E-state index in [9.17, 15) is 19.2 Å². The zero-order valence-electron chi connectivity index (χ0n) is 34.2. The van der Waals surface area contributed by atoms with Gasteiger partial charge < -0.3 is 34.4 Å². The minimum atomic E-state index is -0.710. The highest BCUT2D eigenvalue weighted by Crippen LogP contribution is 2.56. The number of amides is 4. The number of benzene rings is 2. The number of likely N-dealkylation sites (tertiary alicyclic amines) is 1. The first-order valence-electron chi connectivity index (χ1n) is 20.1. The Morgan fingerprint density at radius 2 is 1.47 bits per heavy atom. The van der Waals surface area contributed by atoms with Gasteiger partial charge in [-0.3, -0.25) is 9.59 Å². The Bertz CT molecular complexity index is 2130. The molecule has 2 aliphatic carbocycles. The third-order valence-electron chi connectivity index (χ3n) is 12.1. The predicted octanol–water partition coefficient (Wildman–Crippen LogP) is 6.82. The summed E-state index contributed by atoms with van der Waals surface area (Å²) in [4.78, 5) is 70.0. The number of aromatic nitrogens is 4. The van der Waals surface area contributed by atoms with Crippen molar-refractivity contribution in [2.24, 2.45) is 23.7 Å². The molecule has 3 aliphatic rings. The molecule has 0 spiro atoms. The quantitative estimate of drug-likeness (QED) is 0.118. The summed E-state index contributed by atoms with van der Waals surface area (Å²) in [6, 6.07) is 13.1. The fourth-order valence-corrected chi connectivity index (χ4v) is 9.21. The van der Waals surface area contributed by atoms with Crippen LogP contribution in [0.2, 0.25) is 0 Å². The van der Waals surface area contributed by atoms with Gasteiger partial charge in [-0.15, -0.1) is 0 Å². The zero-order valence-corrected chi connectivity index (χ0v) is 34.2. The SMILES string of the molecule is COC(=O)N[C@H](C(=O)N1CCC[C@H]1c1ncc(-c2ccc(-c3ccc(-c4cnc([C@@H]5C6CCC(C6)[C@H]5C(=O)N(NC(=O)OC)C(C)C)[nH]4)cc3)cc2OC)[nH]1)C(C)C. The van der Waals surface area contributed by atoms with Crippen LogP contribution < -0.4 is 15.5 Å². The van der Waals surface area contributed by atoms with Crippen molar-refractivity contribution in [2.75, 3.05) is 27.9 Å². The molecule has 15 nitrogen and oxygen atoms in total. The van der Waals surface area contributed by atoms with Crippen molar-refractivity contribution in [1.82, 2.24) is 40.6 Å². The van der Waals surface area contributed by atoms with E-state index >= 15 is 0 Å². The molecule has 3 heterocycles. The molecule has 1 saturated heterocycles. The highest BCUT2D eigenvalue weighted by Gasteiger charge is 2.54. The number of ether oxygens (including phenoxy) is 3. The van der Waals surface area contributed by atoms with Crippen molar-refractivity contribution in [2.45, 2.75) is 83.8 Å². The average Bonchev–Trinajstić information content (AvgIpc) is 4.09. The summed E-state index contributed by atoms with van der Waals surface area (Å²) in [5.41, 5.74) is 8.05. The first kappa shape index (κ1) is 40.3. The van der Waals surface area contributed by atoms with Gasteiger partial charge in [-0.25, -0.2) is 30.0 Å². The molecule has 0 radical (unpaired) electrons. The van der Waals surface area contributed by atoms with Crippen molar-refractivity contribution >= 4 is 24.0 Å². The maximum atomic E-state index is 13.9. The molecule has 2 unspecified atom stereocenters. The minimum absolute atomic E-state index is 0.0657. The van der Waals surface area contributed by atoms with Gasteiger partial charge in [-0.1, -0.05) is 44.2 Å². The van der Waals surface area contributed by atoms with Crippen LogP contribution in [0.15, 0.2) is 54.9 Å². The Kier molecular flexibility index (Phi) is 11.8. The van der Waals surface area contributed by atoms with Crippen LogP contribution in [0.25, 0.3) is 33.6 Å². The fourth-order valence-electron chi connectivity index (χ4n) is 9.21. The Morgan fingerprint density at radius 1 is 0.810 bits per heavy atom. The maximum absolute atomic E-state index is 13.9. The van der Waals surface area contributed by atoms with Crippen molar-refractivity contribution in [3.05, 3.63) is 66.5 Å². The number of fused-ring (bicyclic) bond motifs is 2. The molecule has 308 valence electrons. The lowest BCUT2D eigenvalue weighted by atomic mass is 9.78. The molecule has 3 fully saturated rings. The lowest BCUT2D eigenvalue weighted by Gasteiger charge is -2.35. The summed E-state index contributed by atoms with van der Waals surface area (Å²) in [6.45, 7) is 8.11. The number of hydrogen-bond donors (Lipinski definition) is 4. The van der Waals surface area contributed by atoms with Gasteiger partial charge in [-0.2, -0.15) is 0 Å². The summed E-state index contributed by atoms with van der Waals surface area (Å²) in [5.74, 6) is 2.00. The van der Waals surface area contributed by atoms with Crippen molar-refractivity contribution in [3.63, 3.8) is 0 Å². The fraction of sp³-hybridized carbons (Fsp3) is 0.488. The van der Waals surface area contributed by atoms with Gasteiger partial charge in [-0.05, 0) is 92.5 Å². The number of rotatable bonds is 11. The van der Waals surface area contributed by atoms with Gasteiger partial charge in [0.2, 0.25) is 11.8 Å². The van der Waals surface area contributed by atoms with Crippen LogP contribution in [0.3, 0.4) is 0 Å². The van der Waals surface area contributed by atoms with Crippen molar-refractivity contribution in [1.29, 1.82) is 0 Å². The van der Waals surface area contributed by atoms with E-state index in [-0.39, 0.29) is 47.6 Å². The number of hydrogen-bond acceptors (Lipinski definition) is 9. The topological polar surface area (TPSA) is 184 Å². The summed E-state index contributed by atoms with van der Waals surface area (Å²) in [7, 11) is 4.21. The van der Waals surface area contributed by atoms with Gasteiger partial charge in [0, 0.05) is 24.1 Å². The van der Waals surface area contributed by atoms with Gasteiger partial charge in [0.25, 0.3) is 0 Å². The Labute approximate surface area is 338 Å². The van der Waals surface area contributed by atoms with E-state index < -0.39 is 18.2 Å². The minimum Gasteiger partial charge on any atom is -0.496 e. The Hall–Kier alpha value is -5.86. The van der Waals surface area contributed by atoms with Crippen LogP contribution in [0.4, 0.5) is 9.59 Å². The molecule has 4 N–H and O–H groups in total. The van der Waals surface area contributed by atoms with E-state index in [1.165, 1.54) is 19.2 Å². The number of carbonyl (C=O) groups excluding carboxylic acids is 4. The third kappa shape index (κ3) is 7.86. The van der Waals surface area contributed by atoms with Crippen LogP contribution in [-0.4, -0.2) is 93.8 Å². The monoisotopic (exact) mass is 794 g/mol. The summed E-state index contributed by atoms with van der Waals surface area (Å²) < 4.78 is 15.4. The highest BCUT2D eigenvalue weighted by atomic mass is 16.5. The molecule has 7 rings (SSSR count). The van der Waals surface area contributed by atoms with Crippen molar-refractivity contribution < 1.29 is 33.4 Å². The van der Waals surface area contributed by atoms with E-state index in [0.29, 0.717) is 24.0 Å². The Morgan fingerprint density at radius 3 is 2.16 bits per heavy atom. The number of imidazole rings is 2. The molecular weight excluding hydrogens is 741 g/mol. The standard InChI is InChI=1S/C43H54N8O7/c1-23(2)37(48-42(54)57-6)41(53)50-18-8-9-33(50)38-44-22-32(47-38)30-17-16-27(20-34(30)56-5)25-10-12-26(13-11-25)31-21-45-39(46-31)35-28-14-15-29(19-28)36(35)40(52)51(24(3)4)49-43(55)58-7/h10-13,16-17,20-24,28-29,33,35-37H,8-9,14-15,18-19H2,1-7H3,(H,44,47)(H,45,46)(H,48,54)(H,49,55)/t28?,29?,33-,35+,36+,37-/m0/s1. The number of nitrogens with one attached hydrogen (secondary N) is 4. The van der Waals surface area contributed by atoms with E-state index in [1.807, 2.05) is 52.1 Å². The number of nitrogens with zero attached hydrogens (tertiary/aromatic N) is 4. The molecule has 15 heteroatoms. The first-order valence-corrected chi connectivity index (χ1v) is 20.1. The van der Waals surface area contributed by atoms with E-state index in [4.69, 9.17) is 24.2 Å². The lowest BCUT2D eigenvalue weighted by Crippen LogP contribution is -2.53. The maximum Gasteiger partial charge on any atom is 0.425 e. The third-order valence-corrected chi connectivity index (χ3v) is 12.1. The van der Waals surface area contributed by atoms with Crippen molar-refractivity contribution in [3.8, 4) is 39.4 Å². The van der Waals surface area contributed by atoms with Gasteiger partial charge in [0.15, 0.2) is 0 Å². The van der Waals surface area contributed by atoms with E-state index in [1.54, 1.807) is 18.2 Å². The van der Waals surface area contributed by atoms with Crippen LogP contribution in [0.5, 0.6) is 5.75 Å². The van der Waals surface area contributed by atoms with Crippen LogP contribution >= 0.6 is 0 Å². The molecule has 4 aromatic rings. The second-order valence-electron chi connectivity index (χ2n) is 16.2. The summed E-state index contributed by atoms with van der Waals surface area (Å²) in [5, 5.41) is 4.10. The van der Waals surface area contributed by atoms with E-state index in [2.05, 4.69) is 45.0 Å². The number of aromatic amines is 2. The number of methoxy groups -OCH3 is 3. The molecule has 1 aliphatic heterocycles. The number of H-pyrrole nitrogens is 2. The van der Waals surface area contributed by atoms with E-state index in [0.717, 1.165) is 71.6 Å². The van der Waals surface area contributed by atoms with Gasteiger partial charge in [0.05, 0.1) is 57.1 Å². The molecule has 4 amide bonds. The normalized spacial score (nSPS) is 21.6. The number of hydrazine groups is 1. The molecule has 2 saturated carbocycles. The van der Waals surface area contributed by atoms with Gasteiger partial charge >= 0.3 is 12.2 Å². The summed E-state index contributed by atoms with van der Waals surface area (Å²) in [6.07, 6.45) is 6.89. The van der Waals surface area contributed by atoms with Crippen LogP contribution in [0, 0.1) is 23.7 Å².